The molecule has 264 valence electrons. The molecule has 0 N–H and O–H groups in total. The van der Waals surface area contributed by atoms with Gasteiger partial charge in [-0.25, -0.2) is 15.0 Å². The SMILES string of the molecule is CC1C=Cc2c(sc3cccc(-c4cc(-c5nc(-c6ccc7ccccc7c6)nc(-c6cccc7c6sc6ccccc67)n5)c5c(c4)oc4ccccc45)c23)C1. The molecule has 1 atom stereocenters. The highest BCUT2D eigenvalue weighted by atomic mass is 32.1. The third-order valence-electron chi connectivity index (χ3n) is 11.2. The van der Waals surface area contributed by atoms with Crippen molar-refractivity contribution in [1.29, 1.82) is 0 Å². The van der Waals surface area contributed by atoms with E-state index in [-0.39, 0.29) is 0 Å². The van der Waals surface area contributed by atoms with Crippen LogP contribution in [0.25, 0.3) is 114 Å². The molecule has 7 aromatic carbocycles. The minimum atomic E-state index is 0.533. The van der Waals surface area contributed by atoms with Crippen LogP contribution in [0.4, 0.5) is 0 Å². The minimum absolute atomic E-state index is 0.533. The largest absolute Gasteiger partial charge is 0.456 e. The summed E-state index contributed by atoms with van der Waals surface area (Å²) in [6.45, 7) is 2.29. The molecule has 1 unspecified atom stereocenters. The Bertz CT molecular complexity index is 3440. The third kappa shape index (κ3) is 4.93. The first-order valence-electron chi connectivity index (χ1n) is 19.0. The molecule has 4 aromatic heterocycles. The number of hydrogen-bond donors (Lipinski definition) is 0. The van der Waals surface area contributed by atoms with E-state index in [1.54, 1.807) is 11.3 Å². The van der Waals surface area contributed by atoms with Crippen LogP contribution in [0.1, 0.15) is 17.4 Å². The van der Waals surface area contributed by atoms with Crippen LogP contribution in [-0.2, 0) is 6.42 Å². The number of hydrogen-bond acceptors (Lipinski definition) is 6. The van der Waals surface area contributed by atoms with Crippen LogP contribution >= 0.6 is 22.7 Å². The maximum Gasteiger partial charge on any atom is 0.165 e. The maximum atomic E-state index is 6.69. The molecule has 0 radical (unpaired) electrons. The molecular formula is C50H31N3OS2. The van der Waals surface area contributed by atoms with Crippen molar-refractivity contribution in [3.8, 4) is 45.3 Å². The molecule has 4 nitrogen and oxygen atoms in total. The Morgan fingerprint density at radius 2 is 1.27 bits per heavy atom. The smallest absolute Gasteiger partial charge is 0.165 e. The van der Waals surface area contributed by atoms with Crippen molar-refractivity contribution in [2.45, 2.75) is 13.3 Å². The Morgan fingerprint density at radius 1 is 0.536 bits per heavy atom. The van der Waals surface area contributed by atoms with Gasteiger partial charge in [0.05, 0.1) is 0 Å². The van der Waals surface area contributed by atoms with E-state index in [4.69, 9.17) is 19.4 Å². The molecule has 56 heavy (non-hydrogen) atoms. The monoisotopic (exact) mass is 753 g/mol. The van der Waals surface area contributed by atoms with Crippen molar-refractivity contribution in [2.75, 3.05) is 0 Å². The second-order valence-electron chi connectivity index (χ2n) is 14.8. The van der Waals surface area contributed by atoms with Crippen LogP contribution in [0.5, 0.6) is 0 Å². The van der Waals surface area contributed by atoms with Gasteiger partial charge in [0.15, 0.2) is 17.5 Å². The Labute approximate surface area is 330 Å². The van der Waals surface area contributed by atoms with Crippen LogP contribution in [-0.4, -0.2) is 15.0 Å². The number of thiophene rings is 2. The molecule has 1 aliphatic rings. The zero-order valence-corrected chi connectivity index (χ0v) is 31.9. The summed E-state index contributed by atoms with van der Waals surface area (Å²) in [4.78, 5) is 17.5. The summed E-state index contributed by atoms with van der Waals surface area (Å²) in [6.07, 6.45) is 5.74. The maximum absolute atomic E-state index is 6.69. The lowest BCUT2D eigenvalue weighted by molar-refractivity contribution is 0.669. The van der Waals surface area contributed by atoms with Gasteiger partial charge in [0.1, 0.15) is 11.2 Å². The molecule has 0 aliphatic heterocycles. The van der Waals surface area contributed by atoms with E-state index in [1.165, 1.54) is 51.6 Å². The van der Waals surface area contributed by atoms with E-state index in [9.17, 15) is 0 Å². The van der Waals surface area contributed by atoms with E-state index in [0.717, 1.165) is 56.0 Å². The van der Waals surface area contributed by atoms with Gasteiger partial charge in [-0.15, -0.1) is 22.7 Å². The lowest BCUT2D eigenvalue weighted by Crippen LogP contribution is -2.01. The number of nitrogens with zero attached hydrogens (tertiary/aromatic N) is 3. The average molecular weight is 754 g/mol. The standard InChI is InChI=1S/C50H31N3OS2/c1-28-20-23-37-44(24-28)55-43-19-9-14-33(46(37)43)32-26-39(45-36-13-4-6-17-40(36)54-41(45)27-32)50-52-48(31-22-21-29-10-2-3-11-30(29)25-31)51-49(53-50)38-16-8-15-35-34-12-5-7-18-42(34)56-47(35)38/h2-23,25-28H,24H2,1H3. The van der Waals surface area contributed by atoms with Crippen LogP contribution < -0.4 is 0 Å². The number of para-hydroxylation sites is 1. The van der Waals surface area contributed by atoms with E-state index in [1.807, 2.05) is 23.5 Å². The number of rotatable bonds is 4. The van der Waals surface area contributed by atoms with Crippen molar-refractivity contribution >= 4 is 91.7 Å². The summed E-state index contributed by atoms with van der Waals surface area (Å²) >= 11 is 3.70. The molecule has 6 heteroatoms. The third-order valence-corrected chi connectivity index (χ3v) is 13.7. The quantitative estimate of drug-likeness (QED) is 0.180. The molecule has 1 aliphatic carbocycles. The van der Waals surface area contributed by atoms with Gasteiger partial charge in [0, 0.05) is 62.6 Å². The Hall–Kier alpha value is -6.47. The molecular weight excluding hydrogens is 723 g/mol. The minimum Gasteiger partial charge on any atom is -0.456 e. The predicted molar refractivity (Wildman–Crippen MR) is 237 cm³/mol. The highest BCUT2D eigenvalue weighted by Crippen LogP contribution is 2.46. The lowest BCUT2D eigenvalue weighted by Gasteiger charge is -2.14. The van der Waals surface area contributed by atoms with Gasteiger partial charge in [0.25, 0.3) is 0 Å². The fourth-order valence-corrected chi connectivity index (χ4v) is 11.2. The average Bonchev–Trinajstić information content (AvgIpc) is 3.94. The summed E-state index contributed by atoms with van der Waals surface area (Å²) in [7, 11) is 0. The van der Waals surface area contributed by atoms with Gasteiger partial charge < -0.3 is 4.42 Å². The van der Waals surface area contributed by atoms with Crippen molar-refractivity contribution in [2.24, 2.45) is 5.92 Å². The molecule has 0 bridgehead atoms. The normalized spacial score (nSPS) is 14.2. The van der Waals surface area contributed by atoms with Crippen molar-refractivity contribution in [3.63, 3.8) is 0 Å². The molecule has 0 saturated carbocycles. The number of fused-ring (bicyclic) bond motifs is 10. The van der Waals surface area contributed by atoms with Crippen LogP contribution in [0.3, 0.4) is 0 Å². The molecule has 0 fully saturated rings. The fourth-order valence-electron chi connectivity index (χ4n) is 8.59. The Kier molecular flexibility index (Phi) is 6.98. The first-order chi connectivity index (χ1) is 27.6. The van der Waals surface area contributed by atoms with Gasteiger partial charge >= 0.3 is 0 Å². The van der Waals surface area contributed by atoms with Crippen LogP contribution in [0, 0.1) is 5.92 Å². The molecule has 11 aromatic rings. The van der Waals surface area contributed by atoms with Crippen molar-refractivity contribution in [1.82, 2.24) is 15.0 Å². The number of furan rings is 1. The molecule has 12 rings (SSSR count). The Balaban J connectivity index is 1.16. The Morgan fingerprint density at radius 3 is 2.20 bits per heavy atom. The summed E-state index contributed by atoms with van der Waals surface area (Å²) in [6, 6.07) is 49.4. The summed E-state index contributed by atoms with van der Waals surface area (Å²) in [5.41, 5.74) is 8.09. The van der Waals surface area contributed by atoms with Gasteiger partial charge in [-0.3, -0.25) is 0 Å². The summed E-state index contributed by atoms with van der Waals surface area (Å²) < 4.78 is 10.4. The number of aromatic nitrogens is 3. The van der Waals surface area contributed by atoms with Gasteiger partial charge in [-0.2, -0.15) is 0 Å². The van der Waals surface area contributed by atoms with Crippen molar-refractivity contribution in [3.05, 3.63) is 156 Å². The number of allylic oxidation sites excluding steroid dienone is 1. The van der Waals surface area contributed by atoms with Crippen LogP contribution in [0.15, 0.2) is 150 Å². The topological polar surface area (TPSA) is 51.8 Å². The van der Waals surface area contributed by atoms with Gasteiger partial charge in [-0.05, 0) is 82.3 Å². The van der Waals surface area contributed by atoms with Gasteiger partial charge in [0.2, 0.25) is 0 Å². The van der Waals surface area contributed by atoms with E-state index in [0.29, 0.717) is 23.4 Å². The lowest BCUT2D eigenvalue weighted by atomic mass is 9.91. The first kappa shape index (κ1) is 31.8. The highest BCUT2D eigenvalue weighted by molar-refractivity contribution is 7.26. The summed E-state index contributed by atoms with van der Waals surface area (Å²) in [5, 5.41) is 8.09. The second kappa shape index (κ2) is 12.3. The molecule has 4 heterocycles. The zero-order chi connectivity index (χ0) is 36.9. The zero-order valence-electron chi connectivity index (χ0n) is 30.3. The first-order valence-corrected chi connectivity index (χ1v) is 20.6. The highest BCUT2D eigenvalue weighted by Gasteiger charge is 2.24. The fraction of sp³-hybridized carbons (Fsp3) is 0.0600. The number of benzene rings is 7. The van der Waals surface area contributed by atoms with Gasteiger partial charge in [-0.1, -0.05) is 116 Å². The predicted octanol–water partition coefficient (Wildman–Crippen LogP) is 14.4. The van der Waals surface area contributed by atoms with E-state index in [2.05, 4.69) is 146 Å². The summed E-state index contributed by atoms with van der Waals surface area (Å²) in [5.74, 6) is 2.43. The van der Waals surface area contributed by atoms with E-state index >= 15 is 0 Å². The molecule has 0 spiro atoms. The van der Waals surface area contributed by atoms with E-state index < -0.39 is 0 Å². The van der Waals surface area contributed by atoms with Crippen molar-refractivity contribution < 1.29 is 4.42 Å². The molecule has 0 saturated heterocycles. The second-order valence-corrected chi connectivity index (χ2v) is 17.0. The van der Waals surface area contributed by atoms with Crippen LogP contribution in [0.2, 0.25) is 0 Å². The molecule has 0 amide bonds.